The number of rotatable bonds is 8. The number of nitrogens with one attached hydrogen (secondary N) is 1. The molecule has 0 atom stereocenters. The Kier molecular flexibility index (Phi) is 6.57. The maximum absolute atomic E-state index is 8.92. The Bertz CT molecular complexity index is 1500. The molecule has 4 aromatic heterocycles. The summed E-state index contributed by atoms with van der Waals surface area (Å²) in [5.41, 5.74) is 3.52. The van der Waals surface area contributed by atoms with Crippen LogP contribution in [0.2, 0.25) is 10.0 Å². The quantitative estimate of drug-likeness (QED) is 0.306. The maximum Gasteiger partial charge on any atom is 0.226 e. The van der Waals surface area contributed by atoms with Gasteiger partial charge in [0.25, 0.3) is 0 Å². The van der Waals surface area contributed by atoms with Crippen molar-refractivity contribution in [2.75, 3.05) is 11.9 Å². The highest BCUT2D eigenvalue weighted by atomic mass is 35.5. The van der Waals surface area contributed by atoms with Gasteiger partial charge in [-0.15, -0.1) is 5.10 Å². The number of pyridine rings is 1. The Morgan fingerprint density at radius 3 is 2.74 bits per heavy atom. The molecule has 0 saturated heterocycles. The molecule has 4 heterocycles. The number of aryl methyl sites for hydroxylation is 1. The van der Waals surface area contributed by atoms with E-state index in [1.165, 1.54) is 0 Å². The number of hydrogen-bond acceptors (Lipinski definition) is 7. The summed E-state index contributed by atoms with van der Waals surface area (Å²) in [6, 6.07) is 14.7. The summed E-state index contributed by atoms with van der Waals surface area (Å²) in [4.78, 5) is 13.8. The van der Waals surface area contributed by atoms with Crippen molar-refractivity contribution in [3.05, 3.63) is 88.2 Å². The van der Waals surface area contributed by atoms with Gasteiger partial charge in [-0.1, -0.05) is 23.2 Å². The van der Waals surface area contributed by atoms with Crippen LogP contribution in [0, 0.1) is 11.3 Å². The van der Waals surface area contributed by atoms with Crippen LogP contribution in [0.25, 0.3) is 16.9 Å². The molecule has 35 heavy (non-hydrogen) atoms. The minimum Gasteiger partial charge on any atom is -0.354 e. The predicted molar refractivity (Wildman–Crippen MR) is 133 cm³/mol. The van der Waals surface area contributed by atoms with Crippen LogP contribution in [0.5, 0.6) is 0 Å². The molecule has 0 fully saturated rings. The largest absolute Gasteiger partial charge is 0.354 e. The van der Waals surface area contributed by atoms with Crippen LogP contribution in [0.4, 0.5) is 5.95 Å². The van der Waals surface area contributed by atoms with E-state index < -0.39 is 0 Å². The van der Waals surface area contributed by atoms with Gasteiger partial charge in [-0.2, -0.15) is 14.9 Å². The Balaban J connectivity index is 1.41. The summed E-state index contributed by atoms with van der Waals surface area (Å²) < 4.78 is 3.45. The molecule has 174 valence electrons. The summed E-state index contributed by atoms with van der Waals surface area (Å²) in [5, 5.41) is 22.2. The molecule has 0 saturated carbocycles. The first-order valence-electron chi connectivity index (χ1n) is 10.9. The van der Waals surface area contributed by atoms with Crippen molar-refractivity contribution in [1.29, 1.82) is 5.26 Å². The van der Waals surface area contributed by atoms with Crippen LogP contribution in [0.15, 0.2) is 61.1 Å². The third kappa shape index (κ3) is 5.24. The van der Waals surface area contributed by atoms with Gasteiger partial charge in [0, 0.05) is 47.5 Å². The summed E-state index contributed by atoms with van der Waals surface area (Å²) >= 11 is 12.5. The first-order chi connectivity index (χ1) is 17.1. The van der Waals surface area contributed by atoms with E-state index in [1.54, 1.807) is 39.8 Å². The Morgan fingerprint density at radius 2 is 2.00 bits per heavy atom. The van der Waals surface area contributed by atoms with Crippen LogP contribution in [-0.2, 0) is 13.0 Å². The molecule has 0 bridgehead atoms. The summed E-state index contributed by atoms with van der Waals surface area (Å²) in [6.07, 6.45) is 6.73. The lowest BCUT2D eigenvalue weighted by Crippen LogP contribution is -2.11. The van der Waals surface area contributed by atoms with Crippen LogP contribution in [0.1, 0.15) is 23.5 Å². The summed E-state index contributed by atoms with van der Waals surface area (Å²) in [5.74, 6) is 1.16. The third-order valence-corrected chi connectivity index (χ3v) is 5.83. The molecular formula is C24H19Cl2N9. The van der Waals surface area contributed by atoms with Gasteiger partial charge in [0.2, 0.25) is 5.95 Å². The highest BCUT2D eigenvalue weighted by Gasteiger charge is 2.15. The number of fused-ring (bicyclic) bond motifs is 1. The number of hydrogen-bond donors (Lipinski definition) is 1. The molecule has 0 radical (unpaired) electrons. The van der Waals surface area contributed by atoms with Gasteiger partial charge in [-0.25, -0.2) is 9.97 Å². The van der Waals surface area contributed by atoms with Crippen molar-refractivity contribution in [3.63, 3.8) is 0 Å². The molecule has 0 aliphatic carbocycles. The standard InChI is InChI=1S/C24H19Cl2N9/c25-17-5-7-19(20(26)11-17)21-12-23-32-22(15-34-10-2-9-30-34)33-35(23)24(31-21)28-8-1-3-18-6-4-16(13-27)14-29-18/h2,4-7,9-12,14H,1,3,8,15H2,(H,28,31). The van der Waals surface area contributed by atoms with E-state index in [4.69, 9.17) is 33.4 Å². The van der Waals surface area contributed by atoms with Crippen LogP contribution in [-0.4, -0.2) is 40.9 Å². The zero-order chi connectivity index (χ0) is 24.2. The average Bonchev–Trinajstić information content (AvgIpc) is 3.52. The fourth-order valence-electron chi connectivity index (χ4n) is 3.60. The van der Waals surface area contributed by atoms with E-state index in [-0.39, 0.29) is 0 Å². The highest BCUT2D eigenvalue weighted by Crippen LogP contribution is 2.30. The van der Waals surface area contributed by atoms with Crippen molar-refractivity contribution >= 4 is 34.8 Å². The fraction of sp³-hybridized carbons (Fsp3) is 0.167. The number of halogens is 2. The number of nitriles is 1. The zero-order valence-corrected chi connectivity index (χ0v) is 19.9. The second-order valence-corrected chi connectivity index (χ2v) is 8.61. The van der Waals surface area contributed by atoms with Crippen molar-refractivity contribution < 1.29 is 0 Å². The van der Waals surface area contributed by atoms with Gasteiger partial charge in [-0.3, -0.25) is 9.67 Å². The first-order valence-corrected chi connectivity index (χ1v) is 11.6. The lowest BCUT2D eigenvalue weighted by Gasteiger charge is -2.10. The zero-order valence-electron chi connectivity index (χ0n) is 18.4. The van der Waals surface area contributed by atoms with Crippen molar-refractivity contribution in [2.45, 2.75) is 19.4 Å². The van der Waals surface area contributed by atoms with Gasteiger partial charge in [-0.05, 0) is 49.2 Å². The van der Waals surface area contributed by atoms with E-state index in [0.29, 0.717) is 51.8 Å². The molecule has 0 aliphatic rings. The van der Waals surface area contributed by atoms with Crippen LogP contribution in [0.3, 0.4) is 0 Å². The third-order valence-electron chi connectivity index (χ3n) is 5.29. The smallest absolute Gasteiger partial charge is 0.226 e. The molecule has 0 amide bonds. The number of aromatic nitrogens is 7. The van der Waals surface area contributed by atoms with E-state index >= 15 is 0 Å². The van der Waals surface area contributed by atoms with Crippen molar-refractivity contribution in [1.82, 2.24) is 34.3 Å². The minimum atomic E-state index is 0.440. The number of nitrogens with zero attached hydrogens (tertiary/aromatic N) is 8. The van der Waals surface area contributed by atoms with E-state index in [1.807, 2.05) is 30.5 Å². The maximum atomic E-state index is 8.92. The van der Waals surface area contributed by atoms with Gasteiger partial charge in [0.05, 0.1) is 16.3 Å². The lowest BCUT2D eigenvalue weighted by molar-refractivity contribution is 0.653. The molecule has 0 spiro atoms. The minimum absolute atomic E-state index is 0.440. The SMILES string of the molecule is N#Cc1ccc(CCCNc2nc(-c3ccc(Cl)cc3Cl)cc3nc(Cn4cccn4)nn23)nc1. The Hall–Kier alpha value is -4.00. The van der Waals surface area contributed by atoms with Gasteiger partial charge < -0.3 is 5.32 Å². The molecule has 9 nitrogen and oxygen atoms in total. The molecule has 11 heteroatoms. The van der Waals surface area contributed by atoms with Crippen LogP contribution < -0.4 is 5.32 Å². The number of benzene rings is 1. The summed E-state index contributed by atoms with van der Waals surface area (Å²) in [7, 11) is 0. The molecular weight excluding hydrogens is 485 g/mol. The van der Waals surface area contributed by atoms with E-state index in [9.17, 15) is 0 Å². The first kappa shape index (κ1) is 22.8. The normalized spacial score (nSPS) is 11.0. The highest BCUT2D eigenvalue weighted by molar-refractivity contribution is 6.36. The van der Waals surface area contributed by atoms with E-state index in [0.717, 1.165) is 24.1 Å². The predicted octanol–water partition coefficient (Wildman–Crippen LogP) is 4.65. The van der Waals surface area contributed by atoms with Gasteiger partial charge in [0.15, 0.2) is 11.5 Å². The van der Waals surface area contributed by atoms with Crippen molar-refractivity contribution in [3.8, 4) is 17.3 Å². The van der Waals surface area contributed by atoms with Gasteiger partial charge in [0.1, 0.15) is 12.6 Å². The van der Waals surface area contributed by atoms with E-state index in [2.05, 4.69) is 31.6 Å². The fourth-order valence-corrected chi connectivity index (χ4v) is 4.10. The second-order valence-electron chi connectivity index (χ2n) is 7.77. The summed E-state index contributed by atoms with van der Waals surface area (Å²) in [6.45, 7) is 1.07. The Morgan fingerprint density at radius 1 is 1.09 bits per heavy atom. The Labute approximate surface area is 211 Å². The number of anilines is 1. The van der Waals surface area contributed by atoms with Gasteiger partial charge >= 0.3 is 0 Å². The topological polar surface area (TPSA) is 110 Å². The monoisotopic (exact) mass is 503 g/mol. The molecule has 0 aliphatic heterocycles. The molecule has 1 N–H and O–H groups in total. The average molecular weight is 504 g/mol. The molecule has 0 unspecified atom stereocenters. The molecule has 5 aromatic rings. The lowest BCUT2D eigenvalue weighted by atomic mass is 10.1. The van der Waals surface area contributed by atoms with Crippen LogP contribution >= 0.6 is 23.2 Å². The molecule has 5 rings (SSSR count). The second kappa shape index (κ2) is 10.1. The molecule has 1 aromatic carbocycles. The van der Waals surface area contributed by atoms with Crippen molar-refractivity contribution in [2.24, 2.45) is 0 Å².